The highest BCUT2D eigenvalue weighted by molar-refractivity contribution is 5.94. The second-order valence-corrected chi connectivity index (χ2v) is 5.65. The van der Waals surface area contributed by atoms with Crippen LogP contribution in [0.25, 0.3) is 5.57 Å². The molecule has 24 heavy (non-hydrogen) atoms. The van der Waals surface area contributed by atoms with Gasteiger partial charge in [-0.05, 0) is 24.6 Å². The summed E-state index contributed by atoms with van der Waals surface area (Å²) in [6.45, 7) is 2.82. The van der Waals surface area contributed by atoms with Crippen LogP contribution in [0.2, 0.25) is 0 Å². The fraction of sp³-hybridized carbons (Fsp3) is 0.250. The van der Waals surface area contributed by atoms with Gasteiger partial charge in [-0.3, -0.25) is 4.79 Å². The Morgan fingerprint density at radius 1 is 0.958 bits per heavy atom. The number of allylic oxidation sites excluding steroid dienone is 1. The smallest absolute Gasteiger partial charge is 0.251 e. The average molecular weight is 323 g/mol. The molecule has 124 valence electrons. The highest BCUT2D eigenvalue weighted by Crippen LogP contribution is 2.24. The summed E-state index contributed by atoms with van der Waals surface area (Å²) in [7, 11) is 0. The first-order chi connectivity index (χ1) is 11.8. The van der Waals surface area contributed by atoms with Gasteiger partial charge in [-0.2, -0.15) is 0 Å². The molecule has 2 aromatic carbocycles. The van der Waals surface area contributed by atoms with E-state index in [1.807, 2.05) is 61.5 Å². The molecule has 3 rings (SSSR count). The number of amides is 1. The summed E-state index contributed by atoms with van der Waals surface area (Å²) in [5.41, 5.74) is 2.72. The molecule has 1 amide bonds. The molecule has 1 fully saturated rings. The Labute approximate surface area is 142 Å². The zero-order chi connectivity index (χ0) is 16.8. The van der Waals surface area contributed by atoms with Crippen LogP contribution in [0, 0.1) is 0 Å². The van der Waals surface area contributed by atoms with Crippen LogP contribution in [0.1, 0.15) is 22.8 Å². The molecule has 1 aliphatic rings. The lowest BCUT2D eigenvalue weighted by atomic mass is 10.0. The minimum Gasteiger partial charge on any atom is -0.346 e. The molecule has 1 N–H and O–H groups in total. The first kappa shape index (κ1) is 16.4. The van der Waals surface area contributed by atoms with E-state index in [1.54, 1.807) is 12.1 Å². The summed E-state index contributed by atoms with van der Waals surface area (Å²) >= 11 is 0. The lowest BCUT2D eigenvalue weighted by Crippen LogP contribution is -2.47. The molecule has 4 heteroatoms. The van der Waals surface area contributed by atoms with Gasteiger partial charge in [0.2, 0.25) is 0 Å². The second-order valence-electron chi connectivity index (χ2n) is 5.65. The van der Waals surface area contributed by atoms with Gasteiger partial charge in [0, 0.05) is 11.1 Å². The number of ether oxygens (including phenoxy) is 2. The molecule has 0 aromatic heterocycles. The second kappa shape index (κ2) is 7.90. The highest BCUT2D eigenvalue weighted by atomic mass is 16.7. The van der Waals surface area contributed by atoms with Crippen molar-refractivity contribution < 1.29 is 14.3 Å². The number of carbonyl (C=O) groups excluding carboxylic acids is 1. The van der Waals surface area contributed by atoms with E-state index < -0.39 is 6.29 Å². The number of hydrogen-bond donors (Lipinski definition) is 1. The van der Waals surface area contributed by atoms with Gasteiger partial charge in [0.05, 0.1) is 19.3 Å². The number of rotatable bonds is 4. The zero-order valence-corrected chi connectivity index (χ0v) is 13.6. The fourth-order valence-electron chi connectivity index (χ4n) is 2.69. The molecule has 2 aromatic rings. The lowest BCUT2D eigenvalue weighted by Gasteiger charge is -2.31. The van der Waals surface area contributed by atoms with Gasteiger partial charge in [-0.1, -0.05) is 54.6 Å². The lowest BCUT2D eigenvalue weighted by molar-refractivity contribution is -0.155. The van der Waals surface area contributed by atoms with Gasteiger partial charge >= 0.3 is 0 Å². The van der Waals surface area contributed by atoms with Gasteiger partial charge in [0.25, 0.3) is 5.91 Å². The third-order valence-corrected chi connectivity index (χ3v) is 3.94. The third-order valence-electron chi connectivity index (χ3n) is 3.94. The van der Waals surface area contributed by atoms with E-state index in [-0.39, 0.29) is 11.9 Å². The first-order valence-corrected chi connectivity index (χ1v) is 8.08. The average Bonchev–Trinajstić information content (AvgIpc) is 2.65. The van der Waals surface area contributed by atoms with Crippen molar-refractivity contribution in [1.29, 1.82) is 0 Å². The van der Waals surface area contributed by atoms with Gasteiger partial charge in [-0.25, -0.2) is 0 Å². The Morgan fingerprint density at radius 2 is 1.50 bits per heavy atom. The van der Waals surface area contributed by atoms with E-state index in [4.69, 9.17) is 9.47 Å². The van der Waals surface area contributed by atoms with Crippen LogP contribution in [0.3, 0.4) is 0 Å². The monoisotopic (exact) mass is 323 g/mol. The minimum absolute atomic E-state index is 0.111. The van der Waals surface area contributed by atoms with Gasteiger partial charge in [0.15, 0.2) is 6.29 Å². The van der Waals surface area contributed by atoms with E-state index in [1.165, 1.54) is 0 Å². The predicted molar refractivity (Wildman–Crippen MR) is 93.5 cm³/mol. The molecule has 0 atom stereocenters. The Morgan fingerprint density at radius 3 is 2.04 bits per heavy atom. The SMILES string of the molecule is C/C=C(/c1ccccc1)[C@H]1OC[C@@H](NC(=O)c2ccccc2)CO1. The van der Waals surface area contributed by atoms with Crippen LogP contribution in [0.4, 0.5) is 0 Å². The summed E-state index contributed by atoms with van der Waals surface area (Å²) in [6.07, 6.45) is 1.60. The van der Waals surface area contributed by atoms with Crippen LogP contribution < -0.4 is 5.32 Å². The molecule has 1 saturated heterocycles. The van der Waals surface area contributed by atoms with Crippen molar-refractivity contribution in [3.8, 4) is 0 Å². The van der Waals surface area contributed by atoms with E-state index in [0.29, 0.717) is 18.8 Å². The van der Waals surface area contributed by atoms with E-state index >= 15 is 0 Å². The summed E-state index contributed by atoms with van der Waals surface area (Å²) in [4.78, 5) is 12.2. The van der Waals surface area contributed by atoms with Crippen molar-refractivity contribution in [3.05, 3.63) is 77.9 Å². The molecule has 0 radical (unpaired) electrons. The van der Waals surface area contributed by atoms with E-state index in [0.717, 1.165) is 11.1 Å². The maximum Gasteiger partial charge on any atom is 0.251 e. The van der Waals surface area contributed by atoms with Crippen LogP contribution >= 0.6 is 0 Å². The molecule has 1 heterocycles. The maximum absolute atomic E-state index is 12.2. The van der Waals surface area contributed by atoms with Crippen LogP contribution in [-0.4, -0.2) is 31.5 Å². The molecule has 0 unspecified atom stereocenters. The Balaban J connectivity index is 1.57. The summed E-state index contributed by atoms with van der Waals surface area (Å²) in [6, 6.07) is 19.0. The topological polar surface area (TPSA) is 47.6 Å². The van der Waals surface area contributed by atoms with Crippen molar-refractivity contribution in [2.75, 3.05) is 13.2 Å². The third kappa shape index (κ3) is 3.91. The van der Waals surface area contributed by atoms with Crippen molar-refractivity contribution in [2.24, 2.45) is 0 Å². The molecule has 0 spiro atoms. The molecule has 0 saturated carbocycles. The Bertz CT molecular complexity index is 689. The zero-order valence-electron chi connectivity index (χ0n) is 13.6. The summed E-state index contributed by atoms with van der Waals surface area (Å²) in [5.74, 6) is -0.111. The van der Waals surface area contributed by atoms with Crippen molar-refractivity contribution in [2.45, 2.75) is 19.3 Å². The standard InChI is InChI=1S/C20H21NO3/c1-2-18(15-9-5-3-6-10-15)20-23-13-17(14-24-20)21-19(22)16-11-7-4-8-12-16/h2-12,17,20H,13-14H2,1H3,(H,21,22)/b18-2-/t17-,20+. The number of benzene rings is 2. The first-order valence-electron chi connectivity index (χ1n) is 8.08. The van der Waals surface area contributed by atoms with Crippen molar-refractivity contribution in [1.82, 2.24) is 5.32 Å². The Kier molecular flexibility index (Phi) is 5.41. The molecule has 0 bridgehead atoms. The molecular formula is C20H21NO3. The summed E-state index contributed by atoms with van der Waals surface area (Å²) < 4.78 is 11.7. The van der Waals surface area contributed by atoms with Crippen LogP contribution in [0.5, 0.6) is 0 Å². The van der Waals surface area contributed by atoms with Gasteiger partial charge < -0.3 is 14.8 Å². The number of nitrogens with one attached hydrogen (secondary N) is 1. The fourth-order valence-corrected chi connectivity index (χ4v) is 2.69. The number of hydrogen-bond acceptors (Lipinski definition) is 3. The van der Waals surface area contributed by atoms with Gasteiger partial charge in [0.1, 0.15) is 0 Å². The largest absolute Gasteiger partial charge is 0.346 e. The van der Waals surface area contributed by atoms with E-state index in [2.05, 4.69) is 5.32 Å². The van der Waals surface area contributed by atoms with Crippen molar-refractivity contribution >= 4 is 11.5 Å². The predicted octanol–water partition coefficient (Wildman–Crippen LogP) is 3.26. The summed E-state index contributed by atoms with van der Waals surface area (Å²) in [5, 5.41) is 2.94. The van der Waals surface area contributed by atoms with Crippen LogP contribution in [0.15, 0.2) is 66.7 Å². The quantitative estimate of drug-likeness (QED) is 0.939. The van der Waals surface area contributed by atoms with Crippen LogP contribution in [-0.2, 0) is 9.47 Å². The van der Waals surface area contributed by atoms with Crippen molar-refractivity contribution in [3.63, 3.8) is 0 Å². The number of carbonyl (C=O) groups is 1. The molecule has 1 aliphatic heterocycles. The van der Waals surface area contributed by atoms with E-state index in [9.17, 15) is 4.79 Å². The molecule has 0 aliphatic carbocycles. The molecule has 4 nitrogen and oxygen atoms in total. The Hall–Kier alpha value is -2.43. The van der Waals surface area contributed by atoms with Gasteiger partial charge in [-0.15, -0.1) is 0 Å². The molecular weight excluding hydrogens is 302 g/mol. The maximum atomic E-state index is 12.2. The highest BCUT2D eigenvalue weighted by Gasteiger charge is 2.26. The minimum atomic E-state index is -0.401. The normalized spacial score (nSPS) is 21.3.